The Labute approximate surface area is 181 Å². The van der Waals surface area contributed by atoms with Crippen molar-refractivity contribution in [3.05, 3.63) is 57.8 Å². The van der Waals surface area contributed by atoms with Gasteiger partial charge in [-0.1, -0.05) is 50.1 Å². The van der Waals surface area contributed by atoms with Crippen molar-refractivity contribution >= 4 is 29.1 Å². The first-order valence-electron chi connectivity index (χ1n) is 10.8. The minimum Gasteiger partial charge on any atom is -0.344 e. The molecule has 6 heteroatoms. The van der Waals surface area contributed by atoms with E-state index >= 15 is 0 Å². The summed E-state index contributed by atoms with van der Waals surface area (Å²) in [5.41, 5.74) is 2.28. The van der Waals surface area contributed by atoms with Crippen LogP contribution in [0, 0.1) is 11.8 Å². The molecule has 1 saturated carbocycles. The van der Waals surface area contributed by atoms with Crippen molar-refractivity contribution in [3.63, 3.8) is 0 Å². The molecule has 30 heavy (non-hydrogen) atoms. The van der Waals surface area contributed by atoms with Crippen LogP contribution in [0.3, 0.4) is 0 Å². The summed E-state index contributed by atoms with van der Waals surface area (Å²) in [5.74, 6) is -0.635. The van der Waals surface area contributed by atoms with E-state index in [2.05, 4.69) is 36.5 Å². The van der Waals surface area contributed by atoms with Crippen molar-refractivity contribution < 1.29 is 14.4 Å². The van der Waals surface area contributed by atoms with Crippen LogP contribution in [0.25, 0.3) is 0 Å². The molecule has 2 fully saturated rings. The van der Waals surface area contributed by atoms with Crippen molar-refractivity contribution in [2.45, 2.75) is 51.5 Å². The zero-order valence-corrected chi connectivity index (χ0v) is 18.1. The molecule has 1 aliphatic carbocycles. The molecule has 2 aliphatic rings. The second-order valence-electron chi connectivity index (χ2n) is 8.19. The summed E-state index contributed by atoms with van der Waals surface area (Å²) in [6.07, 6.45) is 4.71. The molecule has 1 N–H and O–H groups in total. The summed E-state index contributed by atoms with van der Waals surface area (Å²) < 4.78 is 0. The maximum absolute atomic E-state index is 12.8. The van der Waals surface area contributed by atoms with Gasteiger partial charge < -0.3 is 5.32 Å². The fourth-order valence-electron chi connectivity index (χ4n) is 4.62. The van der Waals surface area contributed by atoms with E-state index in [-0.39, 0.29) is 48.6 Å². The molecule has 158 valence electrons. The number of fused-ring (bicyclic) bond motifs is 1. The van der Waals surface area contributed by atoms with Crippen molar-refractivity contribution in [1.29, 1.82) is 0 Å². The minimum atomic E-state index is -0.226. The molecule has 0 unspecified atom stereocenters. The van der Waals surface area contributed by atoms with E-state index in [0.29, 0.717) is 0 Å². The smallest absolute Gasteiger partial charge is 0.233 e. The highest BCUT2D eigenvalue weighted by Gasteiger charge is 2.47. The molecule has 2 aromatic rings. The van der Waals surface area contributed by atoms with Crippen LogP contribution in [0.5, 0.6) is 0 Å². The molecule has 2 heterocycles. The highest BCUT2D eigenvalue weighted by Crippen LogP contribution is 2.38. The number of imide groups is 1. The largest absolute Gasteiger partial charge is 0.344 e. The van der Waals surface area contributed by atoms with Gasteiger partial charge in [-0.15, -0.1) is 11.3 Å². The summed E-state index contributed by atoms with van der Waals surface area (Å²) in [6, 6.07) is 12.1. The molecule has 1 saturated heterocycles. The highest BCUT2D eigenvalue weighted by molar-refractivity contribution is 7.10. The lowest BCUT2D eigenvalue weighted by Gasteiger charge is -2.20. The highest BCUT2D eigenvalue weighted by atomic mass is 32.1. The van der Waals surface area contributed by atoms with Crippen LogP contribution >= 0.6 is 11.3 Å². The predicted octanol–water partition coefficient (Wildman–Crippen LogP) is 4.08. The van der Waals surface area contributed by atoms with Gasteiger partial charge in [-0.2, -0.15) is 0 Å². The quantitative estimate of drug-likeness (QED) is 0.681. The molecule has 3 atom stereocenters. The number of amides is 3. The lowest BCUT2D eigenvalue weighted by atomic mass is 9.81. The molecule has 1 aromatic carbocycles. The number of likely N-dealkylation sites (tertiary alicyclic amines) is 1. The molecule has 1 aromatic heterocycles. The van der Waals surface area contributed by atoms with E-state index in [9.17, 15) is 14.4 Å². The van der Waals surface area contributed by atoms with Gasteiger partial charge in [0.25, 0.3) is 0 Å². The van der Waals surface area contributed by atoms with Crippen molar-refractivity contribution in [3.8, 4) is 0 Å². The third kappa shape index (κ3) is 4.19. The summed E-state index contributed by atoms with van der Waals surface area (Å²) in [5, 5.41) is 5.11. The Hall–Kier alpha value is -2.47. The molecular weight excluding hydrogens is 396 g/mol. The molecule has 4 rings (SSSR count). The second kappa shape index (κ2) is 9.13. The SMILES string of the molecule is CCc1ccc([C@H](NC(=O)CCN2C(=O)[C@H]3CCCC[C@@H]3C2=O)c2cccs2)cc1. The van der Waals surface area contributed by atoms with Crippen molar-refractivity contribution in [2.24, 2.45) is 11.8 Å². The molecular formula is C24H28N2O3S. The average Bonchev–Trinajstić information content (AvgIpc) is 3.39. The monoisotopic (exact) mass is 424 g/mol. The number of nitrogens with zero attached hydrogens (tertiary/aromatic N) is 1. The first-order chi connectivity index (χ1) is 14.6. The lowest BCUT2D eigenvalue weighted by molar-refractivity contribution is -0.140. The Morgan fingerprint density at radius 3 is 2.33 bits per heavy atom. The molecule has 0 radical (unpaired) electrons. The Morgan fingerprint density at radius 1 is 1.10 bits per heavy atom. The zero-order valence-electron chi connectivity index (χ0n) is 17.3. The van der Waals surface area contributed by atoms with Gasteiger partial charge in [-0.05, 0) is 41.8 Å². The number of rotatable bonds is 7. The van der Waals surface area contributed by atoms with E-state index in [1.54, 1.807) is 11.3 Å². The summed E-state index contributed by atoms with van der Waals surface area (Å²) in [4.78, 5) is 40.4. The normalized spacial score (nSPS) is 22.1. The van der Waals surface area contributed by atoms with Gasteiger partial charge in [-0.3, -0.25) is 19.3 Å². The van der Waals surface area contributed by atoms with Gasteiger partial charge in [0.05, 0.1) is 17.9 Å². The van der Waals surface area contributed by atoms with Crippen LogP contribution in [-0.2, 0) is 20.8 Å². The maximum atomic E-state index is 12.8. The maximum Gasteiger partial charge on any atom is 0.233 e. The summed E-state index contributed by atoms with van der Waals surface area (Å²) in [6.45, 7) is 2.28. The van der Waals surface area contributed by atoms with Gasteiger partial charge in [0.1, 0.15) is 0 Å². The molecule has 0 bridgehead atoms. The summed E-state index contributed by atoms with van der Waals surface area (Å²) >= 11 is 1.60. The van der Waals surface area contributed by atoms with Gasteiger partial charge >= 0.3 is 0 Å². The van der Waals surface area contributed by atoms with E-state index in [4.69, 9.17) is 0 Å². The molecule has 3 amide bonds. The fourth-order valence-corrected chi connectivity index (χ4v) is 5.42. The van der Waals surface area contributed by atoms with E-state index in [1.807, 2.05) is 17.5 Å². The number of benzene rings is 1. The van der Waals surface area contributed by atoms with Gasteiger partial charge in [0.2, 0.25) is 17.7 Å². The Kier molecular flexibility index (Phi) is 6.32. The number of aryl methyl sites for hydroxylation is 1. The van der Waals surface area contributed by atoms with Crippen molar-refractivity contribution in [1.82, 2.24) is 10.2 Å². The van der Waals surface area contributed by atoms with E-state index < -0.39 is 0 Å². The topological polar surface area (TPSA) is 66.5 Å². The molecule has 5 nitrogen and oxygen atoms in total. The number of hydrogen-bond acceptors (Lipinski definition) is 4. The van der Waals surface area contributed by atoms with E-state index in [1.165, 1.54) is 10.5 Å². The average molecular weight is 425 g/mol. The van der Waals surface area contributed by atoms with Crippen LogP contribution < -0.4 is 5.32 Å². The van der Waals surface area contributed by atoms with Gasteiger partial charge in [0.15, 0.2) is 0 Å². The summed E-state index contributed by atoms with van der Waals surface area (Å²) in [7, 11) is 0. The van der Waals surface area contributed by atoms with Crippen LogP contribution in [0.15, 0.2) is 41.8 Å². The fraction of sp³-hybridized carbons (Fsp3) is 0.458. The van der Waals surface area contributed by atoms with E-state index in [0.717, 1.165) is 42.5 Å². The van der Waals surface area contributed by atoms with Crippen LogP contribution in [-0.4, -0.2) is 29.2 Å². The first kappa shape index (κ1) is 20.8. The van der Waals surface area contributed by atoms with Crippen LogP contribution in [0.2, 0.25) is 0 Å². The van der Waals surface area contributed by atoms with Gasteiger partial charge in [0, 0.05) is 17.8 Å². The second-order valence-corrected chi connectivity index (χ2v) is 9.17. The first-order valence-corrected chi connectivity index (χ1v) is 11.7. The van der Waals surface area contributed by atoms with Crippen LogP contribution in [0.1, 0.15) is 61.1 Å². The molecule has 1 aliphatic heterocycles. The predicted molar refractivity (Wildman–Crippen MR) is 117 cm³/mol. The third-order valence-corrected chi connectivity index (χ3v) is 7.29. The number of carbonyl (C=O) groups excluding carboxylic acids is 3. The standard InChI is InChI=1S/C24H28N2O3S/c1-2-16-9-11-17(12-10-16)22(20-8-5-15-30-20)25-21(27)13-14-26-23(28)18-6-3-4-7-19(18)24(26)29/h5,8-12,15,18-19,22H,2-4,6-7,13-14H2,1H3,(H,25,27)/t18-,19-,22-/m0/s1. The number of hydrogen-bond donors (Lipinski definition) is 1. The zero-order chi connectivity index (χ0) is 21.1. The van der Waals surface area contributed by atoms with Crippen molar-refractivity contribution in [2.75, 3.05) is 6.54 Å². The number of nitrogens with one attached hydrogen (secondary N) is 1. The van der Waals surface area contributed by atoms with Crippen LogP contribution in [0.4, 0.5) is 0 Å². The van der Waals surface area contributed by atoms with Gasteiger partial charge in [-0.25, -0.2) is 0 Å². The molecule has 0 spiro atoms. The Balaban J connectivity index is 1.42. The minimum absolute atomic E-state index is 0.0811. The Bertz CT molecular complexity index is 883. The Morgan fingerprint density at radius 2 is 1.77 bits per heavy atom. The number of carbonyl (C=O) groups is 3. The third-order valence-electron chi connectivity index (χ3n) is 6.35. The number of thiophene rings is 1. The lowest BCUT2D eigenvalue weighted by Crippen LogP contribution is -2.36.